The molecule has 1 N–H and O–H groups in total. The molecule has 3 nitrogen and oxygen atoms in total. The minimum absolute atomic E-state index is 0.0926. The van der Waals surface area contributed by atoms with Crippen molar-refractivity contribution in [3.05, 3.63) is 12.2 Å². The van der Waals surface area contributed by atoms with Gasteiger partial charge in [-0.1, -0.05) is 12.2 Å². The maximum absolute atomic E-state index is 9.78. The van der Waals surface area contributed by atoms with Gasteiger partial charge in [-0.15, -0.1) is 0 Å². The smallest absolute Gasteiger partial charge is 0.123 e. The predicted octanol–water partition coefficient (Wildman–Crippen LogP) is 0.0815. The van der Waals surface area contributed by atoms with Crippen LogP contribution >= 0.6 is 0 Å². The molecule has 0 radical (unpaired) electrons. The third-order valence-corrected chi connectivity index (χ3v) is 0.928. The number of carbonyl (C=O) groups excluding carboxylic acids is 2. The summed E-state index contributed by atoms with van der Waals surface area (Å²) in [5.74, 6) is 0. The Hall–Kier alpha value is -0.960. The van der Waals surface area contributed by atoms with Gasteiger partial charge in [0, 0.05) is 12.8 Å². The van der Waals surface area contributed by atoms with Crippen LogP contribution in [0, 0.1) is 0 Å². The SMILES string of the molecule is O=CC/C=C\C(O)CC=O. The Morgan fingerprint density at radius 3 is 2.50 bits per heavy atom. The third kappa shape index (κ3) is 5.18. The van der Waals surface area contributed by atoms with E-state index < -0.39 is 6.10 Å². The fraction of sp³-hybridized carbons (Fsp3) is 0.429. The summed E-state index contributed by atoms with van der Waals surface area (Å²) >= 11 is 0. The summed E-state index contributed by atoms with van der Waals surface area (Å²) < 4.78 is 0. The van der Waals surface area contributed by atoms with Gasteiger partial charge in [0.2, 0.25) is 0 Å². The first-order chi connectivity index (χ1) is 4.81. The van der Waals surface area contributed by atoms with E-state index in [-0.39, 0.29) is 12.8 Å². The molecule has 1 atom stereocenters. The zero-order valence-electron chi connectivity index (χ0n) is 5.56. The third-order valence-electron chi connectivity index (χ3n) is 0.928. The van der Waals surface area contributed by atoms with E-state index in [2.05, 4.69) is 0 Å². The van der Waals surface area contributed by atoms with E-state index in [0.717, 1.165) is 6.29 Å². The second-order valence-corrected chi connectivity index (χ2v) is 1.80. The monoisotopic (exact) mass is 142 g/mol. The van der Waals surface area contributed by atoms with Crippen LogP contribution in [0.4, 0.5) is 0 Å². The molecule has 0 bridgehead atoms. The van der Waals surface area contributed by atoms with Crippen LogP contribution in [0.15, 0.2) is 12.2 Å². The van der Waals surface area contributed by atoms with Crippen LogP contribution in [0.1, 0.15) is 12.8 Å². The molecule has 0 aromatic rings. The van der Waals surface area contributed by atoms with Crippen LogP contribution in [0.3, 0.4) is 0 Å². The Kier molecular flexibility index (Phi) is 5.57. The molecule has 0 aromatic heterocycles. The molecule has 0 spiro atoms. The number of hydrogen-bond acceptors (Lipinski definition) is 3. The minimum Gasteiger partial charge on any atom is -0.389 e. The van der Waals surface area contributed by atoms with Gasteiger partial charge in [-0.25, -0.2) is 0 Å². The molecule has 56 valence electrons. The summed E-state index contributed by atoms with van der Waals surface area (Å²) in [5, 5.41) is 8.84. The highest BCUT2D eigenvalue weighted by atomic mass is 16.3. The van der Waals surface area contributed by atoms with Crippen molar-refractivity contribution >= 4 is 12.6 Å². The summed E-state index contributed by atoms with van der Waals surface area (Å²) in [6.45, 7) is 0. The summed E-state index contributed by atoms with van der Waals surface area (Å²) in [6.07, 6.45) is 3.97. The Bertz CT molecular complexity index is 129. The van der Waals surface area contributed by atoms with Crippen LogP contribution in [-0.4, -0.2) is 23.8 Å². The molecule has 0 aromatic carbocycles. The lowest BCUT2D eigenvalue weighted by atomic mass is 10.2. The number of allylic oxidation sites excluding steroid dienone is 1. The van der Waals surface area contributed by atoms with Gasteiger partial charge in [0.1, 0.15) is 12.6 Å². The van der Waals surface area contributed by atoms with Crippen molar-refractivity contribution in [2.45, 2.75) is 18.9 Å². The molecule has 0 heterocycles. The van der Waals surface area contributed by atoms with Gasteiger partial charge in [-0.05, 0) is 0 Å². The summed E-state index contributed by atoms with van der Waals surface area (Å²) in [7, 11) is 0. The Morgan fingerprint density at radius 1 is 1.30 bits per heavy atom. The quantitative estimate of drug-likeness (QED) is 0.437. The van der Waals surface area contributed by atoms with Gasteiger partial charge in [0.25, 0.3) is 0 Å². The molecule has 10 heavy (non-hydrogen) atoms. The van der Waals surface area contributed by atoms with Crippen molar-refractivity contribution in [2.24, 2.45) is 0 Å². The molecule has 0 aliphatic heterocycles. The van der Waals surface area contributed by atoms with Gasteiger partial charge in [0.05, 0.1) is 6.10 Å². The average molecular weight is 142 g/mol. The maximum Gasteiger partial charge on any atom is 0.123 e. The lowest BCUT2D eigenvalue weighted by molar-refractivity contribution is -0.109. The zero-order valence-corrected chi connectivity index (χ0v) is 5.56. The highest BCUT2D eigenvalue weighted by Gasteiger charge is 1.93. The molecule has 1 unspecified atom stereocenters. The van der Waals surface area contributed by atoms with Crippen LogP contribution < -0.4 is 0 Å². The van der Waals surface area contributed by atoms with Gasteiger partial charge >= 0.3 is 0 Å². The molecule has 0 aliphatic rings. The van der Waals surface area contributed by atoms with Crippen molar-refractivity contribution in [1.82, 2.24) is 0 Å². The Labute approximate surface area is 59.4 Å². The number of carbonyl (C=O) groups is 2. The van der Waals surface area contributed by atoms with E-state index in [1.807, 2.05) is 0 Å². The Balaban J connectivity index is 3.43. The fourth-order valence-corrected chi connectivity index (χ4v) is 0.468. The number of aliphatic hydroxyl groups is 1. The predicted molar refractivity (Wildman–Crippen MR) is 36.5 cm³/mol. The van der Waals surface area contributed by atoms with Crippen LogP contribution in [0.25, 0.3) is 0 Å². The van der Waals surface area contributed by atoms with Crippen molar-refractivity contribution in [2.75, 3.05) is 0 Å². The van der Waals surface area contributed by atoms with Crippen molar-refractivity contribution in [3.63, 3.8) is 0 Å². The van der Waals surface area contributed by atoms with Crippen LogP contribution in [0.5, 0.6) is 0 Å². The first-order valence-corrected chi connectivity index (χ1v) is 3.03. The van der Waals surface area contributed by atoms with Crippen molar-refractivity contribution < 1.29 is 14.7 Å². The van der Waals surface area contributed by atoms with E-state index in [0.29, 0.717) is 6.29 Å². The lowest BCUT2D eigenvalue weighted by Gasteiger charge is -1.95. The lowest BCUT2D eigenvalue weighted by Crippen LogP contribution is -2.01. The van der Waals surface area contributed by atoms with Gasteiger partial charge in [-0.3, -0.25) is 0 Å². The Morgan fingerprint density at radius 2 is 2.00 bits per heavy atom. The van der Waals surface area contributed by atoms with E-state index in [1.54, 1.807) is 0 Å². The van der Waals surface area contributed by atoms with Crippen LogP contribution in [0.2, 0.25) is 0 Å². The van der Waals surface area contributed by atoms with Gasteiger partial charge < -0.3 is 14.7 Å². The number of aliphatic hydroxyl groups excluding tert-OH is 1. The first-order valence-electron chi connectivity index (χ1n) is 3.03. The zero-order chi connectivity index (χ0) is 7.82. The summed E-state index contributed by atoms with van der Waals surface area (Å²) in [5.41, 5.74) is 0. The molecule has 0 fully saturated rings. The van der Waals surface area contributed by atoms with Gasteiger partial charge in [0.15, 0.2) is 0 Å². The molecular weight excluding hydrogens is 132 g/mol. The van der Waals surface area contributed by atoms with Crippen molar-refractivity contribution in [1.29, 1.82) is 0 Å². The molecule has 0 rings (SSSR count). The second kappa shape index (κ2) is 6.16. The maximum atomic E-state index is 9.78. The largest absolute Gasteiger partial charge is 0.389 e. The summed E-state index contributed by atoms with van der Waals surface area (Å²) in [4.78, 5) is 19.5. The summed E-state index contributed by atoms with van der Waals surface area (Å²) in [6, 6.07) is 0. The molecule has 3 heteroatoms. The van der Waals surface area contributed by atoms with E-state index in [4.69, 9.17) is 5.11 Å². The van der Waals surface area contributed by atoms with Gasteiger partial charge in [-0.2, -0.15) is 0 Å². The normalized spacial score (nSPS) is 13.3. The highest BCUT2D eigenvalue weighted by molar-refractivity contribution is 5.52. The fourth-order valence-electron chi connectivity index (χ4n) is 0.468. The minimum atomic E-state index is -0.738. The average Bonchev–Trinajstić information content (AvgIpc) is 1.89. The molecule has 0 saturated carbocycles. The van der Waals surface area contributed by atoms with Crippen LogP contribution in [-0.2, 0) is 9.59 Å². The van der Waals surface area contributed by atoms with E-state index in [1.165, 1.54) is 12.2 Å². The molecule has 0 aliphatic carbocycles. The molecule has 0 saturated heterocycles. The number of rotatable bonds is 5. The molecular formula is C7H10O3. The van der Waals surface area contributed by atoms with E-state index >= 15 is 0 Å². The molecule has 0 amide bonds. The number of hydrogen-bond donors (Lipinski definition) is 1. The first kappa shape index (κ1) is 9.04. The van der Waals surface area contributed by atoms with E-state index in [9.17, 15) is 9.59 Å². The van der Waals surface area contributed by atoms with Crippen molar-refractivity contribution in [3.8, 4) is 0 Å². The standard InChI is InChI=1S/C7H10O3/c8-5-2-1-3-7(10)4-6-9/h1,3,5-7,10H,2,4H2/b3-1-. The topological polar surface area (TPSA) is 54.4 Å². The highest BCUT2D eigenvalue weighted by Crippen LogP contribution is 1.90. The number of aldehydes is 2. The second-order valence-electron chi connectivity index (χ2n) is 1.80.